The van der Waals surface area contributed by atoms with E-state index in [1.807, 2.05) is 50.4 Å². The predicted octanol–water partition coefficient (Wildman–Crippen LogP) is 5.87. The summed E-state index contributed by atoms with van der Waals surface area (Å²) in [6.45, 7) is 4.05. The first-order chi connectivity index (χ1) is 13.5. The molecule has 0 saturated carbocycles. The number of anilines is 1. The Hall–Kier alpha value is -1.96. The second-order valence-corrected chi connectivity index (χ2v) is 9.07. The summed E-state index contributed by atoms with van der Waals surface area (Å²) < 4.78 is 6.86. The summed E-state index contributed by atoms with van der Waals surface area (Å²) in [5.41, 5.74) is 2.00. The monoisotopic (exact) mass is 473 g/mol. The summed E-state index contributed by atoms with van der Waals surface area (Å²) in [4.78, 5) is 7.97. The lowest BCUT2D eigenvalue weighted by atomic mass is 10.0. The summed E-state index contributed by atoms with van der Waals surface area (Å²) in [7, 11) is 0. The van der Waals surface area contributed by atoms with Gasteiger partial charge in [-0.3, -0.25) is 4.98 Å². The van der Waals surface area contributed by atoms with Crippen LogP contribution in [0.15, 0.2) is 64.6 Å². The minimum absolute atomic E-state index is 0.0224. The number of halogens is 1. The second kappa shape index (κ2) is 8.19. The maximum atomic E-state index is 5.78. The fourth-order valence-electron chi connectivity index (χ4n) is 3.36. The van der Waals surface area contributed by atoms with Gasteiger partial charge in [-0.25, -0.2) is 0 Å². The summed E-state index contributed by atoms with van der Waals surface area (Å²) in [5.74, 6) is 0.855. The standard InChI is InChI=1S/C21H20BrN3OS2/c1-13(2)26-16-8-6-15(7-9-16)25-20(18-11-14(22)12-28-18)19(24-21(25)27)17-5-3-4-10-23-17/h3-13,19-20H,1-2H3,(H,24,27)/t19-,20+/m1/s1. The predicted molar refractivity (Wildman–Crippen MR) is 122 cm³/mol. The molecule has 1 aliphatic rings. The lowest BCUT2D eigenvalue weighted by Crippen LogP contribution is -2.29. The lowest BCUT2D eigenvalue weighted by molar-refractivity contribution is 0.242. The van der Waals surface area contributed by atoms with Crippen LogP contribution in [-0.2, 0) is 0 Å². The first-order valence-corrected chi connectivity index (χ1v) is 11.1. The molecule has 0 unspecified atom stereocenters. The smallest absolute Gasteiger partial charge is 0.174 e. The highest BCUT2D eigenvalue weighted by Gasteiger charge is 2.41. The quantitative estimate of drug-likeness (QED) is 0.468. The van der Waals surface area contributed by atoms with E-state index in [9.17, 15) is 0 Å². The van der Waals surface area contributed by atoms with Crippen molar-refractivity contribution >= 4 is 50.3 Å². The van der Waals surface area contributed by atoms with Crippen molar-refractivity contribution in [2.45, 2.75) is 32.0 Å². The first-order valence-electron chi connectivity index (χ1n) is 9.04. The molecule has 28 heavy (non-hydrogen) atoms. The van der Waals surface area contributed by atoms with Crippen molar-refractivity contribution in [1.82, 2.24) is 10.3 Å². The largest absolute Gasteiger partial charge is 0.491 e. The molecule has 1 saturated heterocycles. The molecular formula is C21H20BrN3OS2. The van der Waals surface area contributed by atoms with Crippen LogP contribution in [0.2, 0.25) is 0 Å². The molecule has 3 aromatic rings. The molecule has 1 fully saturated rings. The zero-order chi connectivity index (χ0) is 19.7. The topological polar surface area (TPSA) is 37.4 Å². The highest BCUT2D eigenvalue weighted by atomic mass is 79.9. The van der Waals surface area contributed by atoms with Crippen molar-refractivity contribution in [3.8, 4) is 5.75 Å². The normalized spacial score (nSPS) is 19.1. The molecule has 2 atom stereocenters. The number of thiocarbonyl (C=S) groups is 1. The number of ether oxygens (including phenoxy) is 1. The average Bonchev–Trinajstić information content (AvgIpc) is 3.26. The number of aromatic nitrogens is 1. The van der Waals surface area contributed by atoms with Gasteiger partial charge < -0.3 is 15.0 Å². The Morgan fingerprint density at radius 2 is 2.00 bits per heavy atom. The summed E-state index contributed by atoms with van der Waals surface area (Å²) >= 11 is 11.0. The SMILES string of the molecule is CC(C)Oc1ccc(N2C(=S)N[C@H](c3ccccn3)[C@@H]2c2cc(Br)cs2)cc1. The van der Waals surface area contributed by atoms with Crippen LogP contribution in [0.25, 0.3) is 0 Å². The second-order valence-electron chi connectivity index (χ2n) is 6.82. The molecule has 1 N–H and O–H groups in total. The van der Waals surface area contributed by atoms with Crippen LogP contribution in [0.3, 0.4) is 0 Å². The van der Waals surface area contributed by atoms with Gasteiger partial charge >= 0.3 is 0 Å². The fraction of sp³-hybridized carbons (Fsp3) is 0.238. The number of hydrogen-bond donors (Lipinski definition) is 1. The molecule has 4 rings (SSSR count). The lowest BCUT2D eigenvalue weighted by Gasteiger charge is -2.27. The molecule has 144 valence electrons. The molecule has 2 aromatic heterocycles. The summed E-state index contributed by atoms with van der Waals surface area (Å²) in [5, 5.41) is 6.28. The number of benzene rings is 1. The highest BCUT2D eigenvalue weighted by molar-refractivity contribution is 9.10. The molecule has 7 heteroatoms. The Labute approximate surface area is 182 Å². The Balaban J connectivity index is 1.73. The van der Waals surface area contributed by atoms with Gasteiger partial charge in [-0.15, -0.1) is 11.3 Å². The molecule has 0 amide bonds. The van der Waals surface area contributed by atoms with Crippen LogP contribution in [0.4, 0.5) is 5.69 Å². The molecule has 1 aromatic carbocycles. The maximum Gasteiger partial charge on any atom is 0.174 e. The molecule has 0 radical (unpaired) electrons. The van der Waals surface area contributed by atoms with Crippen LogP contribution >= 0.6 is 39.5 Å². The van der Waals surface area contributed by atoms with Gasteiger partial charge in [-0.05, 0) is 84.5 Å². The van der Waals surface area contributed by atoms with E-state index in [0.29, 0.717) is 5.11 Å². The molecule has 4 nitrogen and oxygen atoms in total. The van der Waals surface area contributed by atoms with Crippen molar-refractivity contribution in [2.75, 3.05) is 4.90 Å². The van der Waals surface area contributed by atoms with E-state index in [4.69, 9.17) is 17.0 Å². The molecular weight excluding hydrogens is 454 g/mol. The van der Waals surface area contributed by atoms with E-state index in [-0.39, 0.29) is 18.2 Å². The third kappa shape index (κ3) is 3.92. The Morgan fingerprint density at radius 3 is 2.61 bits per heavy atom. The van der Waals surface area contributed by atoms with E-state index in [1.54, 1.807) is 11.3 Å². The fourth-order valence-corrected chi connectivity index (χ4v) is 5.28. The van der Waals surface area contributed by atoms with Crippen molar-refractivity contribution in [3.63, 3.8) is 0 Å². The molecule has 0 spiro atoms. The zero-order valence-electron chi connectivity index (χ0n) is 15.5. The Bertz CT molecular complexity index is 959. The molecule has 0 aliphatic carbocycles. The van der Waals surface area contributed by atoms with E-state index < -0.39 is 0 Å². The van der Waals surface area contributed by atoms with Crippen LogP contribution in [-0.4, -0.2) is 16.2 Å². The zero-order valence-corrected chi connectivity index (χ0v) is 18.7. The number of hydrogen-bond acceptors (Lipinski definition) is 4. The van der Waals surface area contributed by atoms with Crippen LogP contribution < -0.4 is 15.0 Å². The number of nitrogens with one attached hydrogen (secondary N) is 1. The number of thiophene rings is 1. The van der Waals surface area contributed by atoms with Gasteiger partial charge in [-0.1, -0.05) is 6.07 Å². The van der Waals surface area contributed by atoms with Gasteiger partial charge in [0.05, 0.1) is 23.9 Å². The van der Waals surface area contributed by atoms with Gasteiger partial charge in [0.15, 0.2) is 5.11 Å². The summed E-state index contributed by atoms with van der Waals surface area (Å²) in [6, 6.07) is 16.2. The van der Waals surface area contributed by atoms with Crippen molar-refractivity contribution < 1.29 is 4.74 Å². The summed E-state index contributed by atoms with van der Waals surface area (Å²) in [6.07, 6.45) is 1.97. The average molecular weight is 474 g/mol. The van der Waals surface area contributed by atoms with Gasteiger partial charge in [0.25, 0.3) is 0 Å². The van der Waals surface area contributed by atoms with E-state index >= 15 is 0 Å². The number of pyridine rings is 1. The van der Waals surface area contributed by atoms with Gasteiger partial charge in [0.2, 0.25) is 0 Å². The van der Waals surface area contributed by atoms with E-state index in [0.717, 1.165) is 21.6 Å². The van der Waals surface area contributed by atoms with E-state index in [1.165, 1.54) is 4.88 Å². The van der Waals surface area contributed by atoms with Crippen molar-refractivity contribution in [2.24, 2.45) is 0 Å². The number of rotatable bonds is 5. The van der Waals surface area contributed by atoms with Crippen LogP contribution in [0.1, 0.15) is 36.5 Å². The van der Waals surface area contributed by atoms with Crippen LogP contribution in [0, 0.1) is 0 Å². The number of nitrogens with zero attached hydrogens (tertiary/aromatic N) is 2. The maximum absolute atomic E-state index is 5.78. The van der Waals surface area contributed by atoms with Gasteiger partial charge in [-0.2, -0.15) is 0 Å². The van der Waals surface area contributed by atoms with Crippen LogP contribution in [0.5, 0.6) is 5.75 Å². The van der Waals surface area contributed by atoms with E-state index in [2.05, 4.69) is 54.7 Å². The first kappa shape index (κ1) is 19.4. The van der Waals surface area contributed by atoms with Gasteiger partial charge in [0, 0.05) is 26.6 Å². The minimum atomic E-state index is -0.0224. The Kier molecular flexibility index (Phi) is 5.66. The van der Waals surface area contributed by atoms with Crippen molar-refractivity contribution in [3.05, 3.63) is 75.2 Å². The van der Waals surface area contributed by atoms with Gasteiger partial charge in [0.1, 0.15) is 5.75 Å². The Morgan fingerprint density at radius 1 is 1.21 bits per heavy atom. The molecule has 1 aliphatic heterocycles. The molecule has 0 bridgehead atoms. The minimum Gasteiger partial charge on any atom is -0.491 e. The third-order valence-electron chi connectivity index (χ3n) is 4.46. The third-order valence-corrected chi connectivity index (χ3v) is 6.54. The highest BCUT2D eigenvalue weighted by Crippen LogP contribution is 2.44. The van der Waals surface area contributed by atoms with Crippen molar-refractivity contribution in [1.29, 1.82) is 0 Å². The molecule has 3 heterocycles.